The average molecular weight is 154 g/mol. The quantitative estimate of drug-likeness (QED) is 0.522. The van der Waals surface area contributed by atoms with E-state index < -0.39 is 0 Å². The minimum absolute atomic E-state index is 0.0223. The van der Waals surface area contributed by atoms with Gasteiger partial charge in [0.2, 0.25) is 5.91 Å². The Kier molecular flexibility index (Phi) is 2.63. The van der Waals surface area contributed by atoms with Gasteiger partial charge in [0.15, 0.2) is 0 Å². The summed E-state index contributed by atoms with van der Waals surface area (Å²) in [5.74, 6) is 0.865. The molecule has 1 heterocycles. The number of carbonyl (C=O) groups is 1. The van der Waals surface area contributed by atoms with Gasteiger partial charge in [-0.2, -0.15) is 0 Å². The molecule has 1 aliphatic heterocycles. The number of hydrogen-bond acceptors (Lipinski definition) is 2. The Labute approximate surface area is 67.1 Å². The molecule has 3 nitrogen and oxygen atoms in total. The fourth-order valence-electron chi connectivity index (χ4n) is 1.11. The lowest BCUT2D eigenvalue weighted by Crippen LogP contribution is -2.27. The molecule has 0 atom stereocenters. The van der Waals surface area contributed by atoms with Crippen molar-refractivity contribution in [1.29, 1.82) is 0 Å². The van der Waals surface area contributed by atoms with Crippen LogP contribution in [0, 0.1) is 0 Å². The van der Waals surface area contributed by atoms with Crippen LogP contribution in [0.4, 0.5) is 0 Å². The van der Waals surface area contributed by atoms with Crippen molar-refractivity contribution in [2.75, 3.05) is 13.6 Å². The molecule has 0 bridgehead atoms. The zero-order valence-corrected chi connectivity index (χ0v) is 7.13. The standard InChI is InChI=1S/C8H14N2O/c1-7-9-8(11)5-3-4-6-10(7)2/h3-6H2,1-2H3. The third kappa shape index (κ3) is 2.33. The molecule has 3 heteroatoms. The molecule has 0 aromatic rings. The number of rotatable bonds is 0. The summed E-state index contributed by atoms with van der Waals surface area (Å²) in [6, 6.07) is 0. The second-order valence-electron chi connectivity index (χ2n) is 2.93. The van der Waals surface area contributed by atoms with E-state index in [1.165, 1.54) is 0 Å². The Hall–Kier alpha value is -0.860. The zero-order valence-electron chi connectivity index (χ0n) is 7.13. The van der Waals surface area contributed by atoms with Gasteiger partial charge in [-0.3, -0.25) is 4.79 Å². The Balaban J connectivity index is 2.67. The van der Waals surface area contributed by atoms with Crippen LogP contribution >= 0.6 is 0 Å². The maximum atomic E-state index is 11.0. The molecule has 0 fully saturated rings. The van der Waals surface area contributed by atoms with Gasteiger partial charge in [-0.1, -0.05) is 0 Å². The molecule has 1 rings (SSSR count). The molecular weight excluding hydrogens is 140 g/mol. The van der Waals surface area contributed by atoms with Crippen LogP contribution in [-0.2, 0) is 4.79 Å². The van der Waals surface area contributed by atoms with E-state index in [4.69, 9.17) is 0 Å². The smallest absolute Gasteiger partial charge is 0.247 e. The van der Waals surface area contributed by atoms with Crippen LogP contribution in [0.25, 0.3) is 0 Å². The molecule has 0 aliphatic carbocycles. The molecule has 0 N–H and O–H groups in total. The lowest BCUT2D eigenvalue weighted by molar-refractivity contribution is -0.118. The maximum Gasteiger partial charge on any atom is 0.247 e. The lowest BCUT2D eigenvalue weighted by Gasteiger charge is -2.19. The number of aliphatic imine (C=N–C) groups is 1. The van der Waals surface area contributed by atoms with Crippen LogP contribution in [0.2, 0.25) is 0 Å². The van der Waals surface area contributed by atoms with Crippen LogP contribution < -0.4 is 0 Å². The van der Waals surface area contributed by atoms with Crippen molar-refractivity contribution in [3.05, 3.63) is 0 Å². The third-order valence-electron chi connectivity index (χ3n) is 1.97. The van der Waals surface area contributed by atoms with Crippen LogP contribution in [0.3, 0.4) is 0 Å². The van der Waals surface area contributed by atoms with Crippen molar-refractivity contribution in [2.45, 2.75) is 26.2 Å². The number of carbonyl (C=O) groups excluding carboxylic acids is 1. The molecule has 0 aromatic heterocycles. The van der Waals surface area contributed by atoms with Crippen molar-refractivity contribution in [3.63, 3.8) is 0 Å². The maximum absolute atomic E-state index is 11.0. The summed E-state index contributed by atoms with van der Waals surface area (Å²) in [6.45, 7) is 2.89. The molecule has 0 spiro atoms. The highest BCUT2D eigenvalue weighted by Gasteiger charge is 2.08. The van der Waals surface area contributed by atoms with Gasteiger partial charge < -0.3 is 4.90 Å². The van der Waals surface area contributed by atoms with Crippen molar-refractivity contribution in [3.8, 4) is 0 Å². The molecule has 0 saturated carbocycles. The molecule has 0 radical (unpaired) electrons. The molecule has 11 heavy (non-hydrogen) atoms. The topological polar surface area (TPSA) is 32.7 Å². The number of nitrogens with zero attached hydrogens (tertiary/aromatic N) is 2. The minimum Gasteiger partial charge on any atom is -0.363 e. The van der Waals surface area contributed by atoms with Crippen LogP contribution in [0.15, 0.2) is 4.99 Å². The summed E-state index contributed by atoms with van der Waals surface area (Å²) in [4.78, 5) is 16.9. The Morgan fingerprint density at radius 3 is 2.91 bits per heavy atom. The summed E-state index contributed by atoms with van der Waals surface area (Å²) in [7, 11) is 1.97. The van der Waals surface area contributed by atoms with Gasteiger partial charge >= 0.3 is 0 Å². The van der Waals surface area contributed by atoms with Gasteiger partial charge in [-0.05, 0) is 19.8 Å². The SMILES string of the molecule is CC1=NC(=O)CCCCN1C. The van der Waals surface area contributed by atoms with Gasteiger partial charge in [-0.15, -0.1) is 0 Å². The van der Waals surface area contributed by atoms with Crippen LogP contribution in [-0.4, -0.2) is 30.2 Å². The van der Waals surface area contributed by atoms with Crippen LogP contribution in [0.1, 0.15) is 26.2 Å². The Bertz CT molecular complexity index is 187. The summed E-state index contributed by atoms with van der Waals surface area (Å²) in [5, 5.41) is 0. The van der Waals surface area contributed by atoms with Crippen LogP contribution in [0.5, 0.6) is 0 Å². The first-order valence-electron chi connectivity index (χ1n) is 3.99. The molecular formula is C8H14N2O. The summed E-state index contributed by atoms with van der Waals surface area (Å²) in [5.41, 5.74) is 0. The van der Waals surface area contributed by atoms with Crippen molar-refractivity contribution >= 4 is 11.7 Å². The minimum atomic E-state index is 0.0223. The second-order valence-corrected chi connectivity index (χ2v) is 2.93. The zero-order chi connectivity index (χ0) is 8.27. The second kappa shape index (κ2) is 3.51. The molecule has 1 aliphatic rings. The van der Waals surface area contributed by atoms with E-state index >= 15 is 0 Å². The lowest BCUT2D eigenvalue weighted by atomic mass is 10.2. The highest BCUT2D eigenvalue weighted by molar-refractivity contribution is 5.93. The van der Waals surface area contributed by atoms with Crippen molar-refractivity contribution < 1.29 is 4.79 Å². The Morgan fingerprint density at radius 2 is 2.18 bits per heavy atom. The number of amidine groups is 1. The molecule has 0 aromatic carbocycles. The van der Waals surface area contributed by atoms with E-state index in [9.17, 15) is 4.79 Å². The van der Waals surface area contributed by atoms with E-state index in [0.717, 1.165) is 25.2 Å². The van der Waals surface area contributed by atoms with E-state index in [-0.39, 0.29) is 5.91 Å². The predicted octanol–water partition coefficient (Wildman–Crippen LogP) is 1.05. The van der Waals surface area contributed by atoms with E-state index in [1.54, 1.807) is 0 Å². The first-order valence-corrected chi connectivity index (χ1v) is 3.99. The van der Waals surface area contributed by atoms with Crippen molar-refractivity contribution in [2.24, 2.45) is 4.99 Å². The Morgan fingerprint density at radius 1 is 1.45 bits per heavy atom. The molecule has 0 saturated heterocycles. The number of hydrogen-bond donors (Lipinski definition) is 0. The molecule has 1 amide bonds. The third-order valence-corrected chi connectivity index (χ3v) is 1.97. The molecule has 62 valence electrons. The first-order chi connectivity index (χ1) is 5.20. The van der Waals surface area contributed by atoms with E-state index in [0.29, 0.717) is 6.42 Å². The van der Waals surface area contributed by atoms with Crippen molar-refractivity contribution in [1.82, 2.24) is 4.90 Å². The normalized spacial score (nSPS) is 20.7. The highest BCUT2D eigenvalue weighted by Crippen LogP contribution is 2.04. The fourth-order valence-corrected chi connectivity index (χ4v) is 1.11. The van der Waals surface area contributed by atoms with Gasteiger partial charge in [0.05, 0.1) is 0 Å². The predicted molar refractivity (Wildman–Crippen MR) is 44.6 cm³/mol. The van der Waals surface area contributed by atoms with Gasteiger partial charge in [0.25, 0.3) is 0 Å². The number of amides is 1. The first kappa shape index (κ1) is 8.24. The average Bonchev–Trinajstić information content (AvgIpc) is 1.95. The highest BCUT2D eigenvalue weighted by atomic mass is 16.1. The monoisotopic (exact) mass is 154 g/mol. The van der Waals surface area contributed by atoms with Gasteiger partial charge in [0.1, 0.15) is 5.84 Å². The summed E-state index contributed by atoms with van der Waals surface area (Å²) < 4.78 is 0. The fraction of sp³-hybridized carbons (Fsp3) is 0.750. The molecule has 0 unspecified atom stereocenters. The van der Waals surface area contributed by atoms with E-state index in [2.05, 4.69) is 4.99 Å². The largest absolute Gasteiger partial charge is 0.363 e. The van der Waals surface area contributed by atoms with E-state index in [1.807, 2.05) is 18.9 Å². The van der Waals surface area contributed by atoms with Gasteiger partial charge in [0, 0.05) is 20.0 Å². The summed E-state index contributed by atoms with van der Waals surface area (Å²) >= 11 is 0. The summed E-state index contributed by atoms with van der Waals surface area (Å²) in [6.07, 6.45) is 2.68. The van der Waals surface area contributed by atoms with Gasteiger partial charge in [-0.25, -0.2) is 4.99 Å².